The lowest BCUT2D eigenvalue weighted by molar-refractivity contribution is -0.384. The summed E-state index contributed by atoms with van der Waals surface area (Å²) >= 11 is 1.52. The molecule has 1 amide bonds. The number of nitro benzene ring substituents is 1. The van der Waals surface area contributed by atoms with Gasteiger partial charge in [-0.1, -0.05) is 30.0 Å². The van der Waals surface area contributed by atoms with E-state index in [9.17, 15) is 14.9 Å². The fourth-order valence-electron chi connectivity index (χ4n) is 4.67. The molecule has 1 aliphatic carbocycles. The summed E-state index contributed by atoms with van der Waals surface area (Å²) in [5, 5.41) is 11.8. The predicted molar refractivity (Wildman–Crippen MR) is 133 cm³/mol. The zero-order valence-corrected chi connectivity index (χ0v) is 19.7. The van der Waals surface area contributed by atoms with Gasteiger partial charge in [0, 0.05) is 55.4 Å². The number of amides is 1. The molecular weight excluding hydrogens is 450 g/mol. The highest BCUT2D eigenvalue weighted by Gasteiger charge is 2.25. The van der Waals surface area contributed by atoms with Crippen LogP contribution in [-0.4, -0.2) is 57.2 Å². The monoisotopic (exact) mass is 477 g/mol. The van der Waals surface area contributed by atoms with E-state index in [0.717, 1.165) is 29.4 Å². The molecule has 0 radical (unpaired) electrons. The van der Waals surface area contributed by atoms with E-state index in [4.69, 9.17) is 4.98 Å². The Hall–Kier alpha value is -3.33. The van der Waals surface area contributed by atoms with E-state index in [0.29, 0.717) is 31.9 Å². The summed E-state index contributed by atoms with van der Waals surface area (Å²) in [5.74, 6) is 0.481. The smallest absolute Gasteiger partial charge is 0.269 e. The van der Waals surface area contributed by atoms with Crippen molar-refractivity contribution in [3.63, 3.8) is 0 Å². The molecule has 0 saturated carbocycles. The minimum absolute atomic E-state index is 0.0881. The number of aryl methyl sites for hydroxylation is 1. The third-order valence-corrected chi connectivity index (χ3v) is 7.42. The Kier molecular flexibility index (Phi) is 6.53. The molecule has 0 spiro atoms. The van der Waals surface area contributed by atoms with Crippen LogP contribution in [0, 0.1) is 10.1 Å². The first-order chi connectivity index (χ1) is 16.6. The number of nitrogens with zero attached hydrogens (tertiary/aromatic N) is 5. The SMILES string of the molecule is O=C(CSc1nc2c(n1-c1ccccc1)CCCC2)N1CCN(c2ccc([N+](=O)[O-])cc2)CC1. The summed E-state index contributed by atoms with van der Waals surface area (Å²) in [5.41, 5.74) is 4.59. The zero-order valence-electron chi connectivity index (χ0n) is 18.9. The van der Waals surface area contributed by atoms with Gasteiger partial charge >= 0.3 is 0 Å². The zero-order chi connectivity index (χ0) is 23.5. The van der Waals surface area contributed by atoms with Crippen molar-refractivity contribution < 1.29 is 9.72 Å². The van der Waals surface area contributed by atoms with Crippen LogP contribution < -0.4 is 4.90 Å². The average molecular weight is 478 g/mol. The Labute approximate surface area is 202 Å². The van der Waals surface area contributed by atoms with E-state index < -0.39 is 4.92 Å². The number of fused-ring (bicyclic) bond motifs is 1. The number of hydrogen-bond acceptors (Lipinski definition) is 6. The van der Waals surface area contributed by atoms with E-state index >= 15 is 0 Å². The first-order valence-corrected chi connectivity index (χ1v) is 12.6. The van der Waals surface area contributed by atoms with Gasteiger partial charge in [-0.2, -0.15) is 0 Å². The van der Waals surface area contributed by atoms with E-state index in [-0.39, 0.29) is 11.6 Å². The number of carbonyl (C=O) groups is 1. The average Bonchev–Trinajstić information content (AvgIpc) is 3.26. The van der Waals surface area contributed by atoms with Gasteiger partial charge in [-0.3, -0.25) is 19.5 Å². The van der Waals surface area contributed by atoms with Crippen LogP contribution in [0.1, 0.15) is 24.2 Å². The third kappa shape index (κ3) is 4.65. The Morgan fingerprint density at radius 1 is 0.941 bits per heavy atom. The number of non-ortho nitro benzene ring substituents is 1. The number of hydrogen-bond donors (Lipinski definition) is 0. The lowest BCUT2D eigenvalue weighted by atomic mass is 10.0. The molecule has 0 atom stereocenters. The number of rotatable bonds is 6. The summed E-state index contributed by atoms with van der Waals surface area (Å²) in [7, 11) is 0. The second-order valence-corrected chi connectivity index (χ2v) is 9.54. The van der Waals surface area contributed by atoms with E-state index in [1.165, 1.54) is 48.1 Å². The van der Waals surface area contributed by atoms with Crippen molar-refractivity contribution in [3.05, 3.63) is 76.1 Å². The van der Waals surface area contributed by atoms with Crippen molar-refractivity contribution in [2.24, 2.45) is 0 Å². The number of carbonyl (C=O) groups excluding carboxylic acids is 1. The molecule has 8 nitrogen and oxygen atoms in total. The molecule has 176 valence electrons. The summed E-state index contributed by atoms with van der Waals surface area (Å²) in [6, 6.07) is 16.9. The number of anilines is 1. The topological polar surface area (TPSA) is 84.5 Å². The molecule has 1 fully saturated rings. The summed E-state index contributed by atoms with van der Waals surface area (Å²) in [6.07, 6.45) is 4.37. The number of imidazole rings is 1. The number of nitro groups is 1. The maximum Gasteiger partial charge on any atom is 0.269 e. The second-order valence-electron chi connectivity index (χ2n) is 8.60. The van der Waals surface area contributed by atoms with E-state index in [1.807, 2.05) is 23.1 Å². The van der Waals surface area contributed by atoms with Crippen molar-refractivity contribution in [3.8, 4) is 5.69 Å². The fourth-order valence-corrected chi connectivity index (χ4v) is 5.63. The van der Waals surface area contributed by atoms with Crippen LogP contribution in [0.5, 0.6) is 0 Å². The normalized spacial score (nSPS) is 15.8. The van der Waals surface area contributed by atoms with Crippen LogP contribution in [0.2, 0.25) is 0 Å². The van der Waals surface area contributed by atoms with Crippen molar-refractivity contribution in [2.45, 2.75) is 30.8 Å². The molecule has 0 N–H and O–H groups in total. The number of piperazine rings is 1. The Morgan fingerprint density at radius 2 is 1.65 bits per heavy atom. The van der Waals surface area contributed by atoms with Gasteiger partial charge < -0.3 is 9.80 Å². The third-order valence-electron chi connectivity index (χ3n) is 6.50. The summed E-state index contributed by atoms with van der Waals surface area (Å²) in [6.45, 7) is 2.70. The minimum Gasteiger partial charge on any atom is -0.368 e. The first-order valence-electron chi connectivity index (χ1n) is 11.7. The molecule has 3 aromatic rings. The largest absolute Gasteiger partial charge is 0.368 e. The number of benzene rings is 2. The molecule has 1 aromatic heterocycles. The maximum absolute atomic E-state index is 13.0. The van der Waals surface area contributed by atoms with Gasteiger partial charge in [0.1, 0.15) is 0 Å². The summed E-state index contributed by atoms with van der Waals surface area (Å²) < 4.78 is 2.24. The van der Waals surface area contributed by atoms with Gasteiger partial charge in [0.05, 0.1) is 16.4 Å². The molecule has 2 aromatic carbocycles. The molecule has 2 aliphatic rings. The van der Waals surface area contributed by atoms with Gasteiger partial charge in [-0.15, -0.1) is 0 Å². The Bertz CT molecular complexity index is 1170. The van der Waals surface area contributed by atoms with Gasteiger partial charge in [0.25, 0.3) is 5.69 Å². The van der Waals surface area contributed by atoms with Crippen molar-refractivity contribution in [1.29, 1.82) is 0 Å². The fraction of sp³-hybridized carbons (Fsp3) is 0.360. The molecular formula is C25H27N5O3S. The van der Waals surface area contributed by atoms with Gasteiger partial charge in [0.15, 0.2) is 5.16 Å². The van der Waals surface area contributed by atoms with Crippen molar-refractivity contribution in [1.82, 2.24) is 14.5 Å². The highest BCUT2D eigenvalue weighted by molar-refractivity contribution is 7.99. The predicted octanol–water partition coefficient (Wildman–Crippen LogP) is 4.10. The van der Waals surface area contributed by atoms with Crippen LogP contribution in [0.25, 0.3) is 5.69 Å². The number of thioether (sulfide) groups is 1. The second kappa shape index (κ2) is 9.89. The highest BCUT2D eigenvalue weighted by Crippen LogP contribution is 2.31. The first kappa shape index (κ1) is 22.5. The standard InChI is InChI=1S/C25H27N5O3S/c31-24(28-16-14-27(15-17-28)19-10-12-21(13-11-19)30(32)33)18-34-25-26-22-8-4-5-9-23(22)29(25)20-6-2-1-3-7-20/h1-3,6-7,10-13H,4-5,8-9,14-18H2. The van der Waals surface area contributed by atoms with Crippen LogP contribution >= 0.6 is 11.8 Å². The quantitative estimate of drug-likeness (QED) is 0.302. The van der Waals surface area contributed by atoms with Crippen LogP contribution in [0.3, 0.4) is 0 Å². The molecule has 0 bridgehead atoms. The van der Waals surface area contributed by atoms with Crippen LogP contribution in [0.4, 0.5) is 11.4 Å². The van der Waals surface area contributed by atoms with Crippen molar-refractivity contribution >= 4 is 29.0 Å². The molecule has 2 heterocycles. The minimum atomic E-state index is -0.391. The molecule has 1 aliphatic heterocycles. The molecule has 34 heavy (non-hydrogen) atoms. The Balaban J connectivity index is 1.22. The lowest BCUT2D eigenvalue weighted by Gasteiger charge is -2.36. The molecule has 0 unspecified atom stereocenters. The Morgan fingerprint density at radius 3 is 2.35 bits per heavy atom. The van der Waals surface area contributed by atoms with Crippen LogP contribution in [-0.2, 0) is 17.6 Å². The highest BCUT2D eigenvalue weighted by atomic mass is 32.2. The molecule has 1 saturated heterocycles. The van der Waals surface area contributed by atoms with Gasteiger partial charge in [-0.25, -0.2) is 4.98 Å². The van der Waals surface area contributed by atoms with Gasteiger partial charge in [0.2, 0.25) is 5.91 Å². The lowest BCUT2D eigenvalue weighted by Crippen LogP contribution is -2.49. The molecule has 9 heteroatoms. The summed E-state index contributed by atoms with van der Waals surface area (Å²) in [4.78, 5) is 32.5. The number of para-hydroxylation sites is 1. The molecule has 5 rings (SSSR count). The van der Waals surface area contributed by atoms with Gasteiger partial charge in [-0.05, 0) is 49.9 Å². The number of aromatic nitrogens is 2. The van der Waals surface area contributed by atoms with Crippen LogP contribution in [0.15, 0.2) is 59.8 Å². The van der Waals surface area contributed by atoms with E-state index in [2.05, 4.69) is 21.6 Å². The van der Waals surface area contributed by atoms with E-state index in [1.54, 1.807) is 12.1 Å². The maximum atomic E-state index is 13.0. The van der Waals surface area contributed by atoms with Crippen molar-refractivity contribution in [2.75, 3.05) is 36.8 Å².